The predicted octanol–water partition coefficient (Wildman–Crippen LogP) is 5.01. The third-order valence-electron chi connectivity index (χ3n) is 3.86. The number of unbranched alkanes of at least 4 members (excludes halogenated alkanes) is 1. The van der Waals surface area contributed by atoms with Crippen LogP contribution >= 0.6 is 34.7 Å². The summed E-state index contributed by atoms with van der Waals surface area (Å²) in [6.07, 6.45) is 8.97. The van der Waals surface area contributed by atoms with Crippen molar-refractivity contribution < 1.29 is 4.79 Å². The summed E-state index contributed by atoms with van der Waals surface area (Å²) in [5.74, 6) is 0.829. The highest BCUT2D eigenvalue weighted by Gasteiger charge is 2.23. The number of aromatic nitrogens is 3. The summed E-state index contributed by atoms with van der Waals surface area (Å²) in [5.41, 5.74) is 2.05. The zero-order valence-corrected chi connectivity index (χ0v) is 17.5. The molecule has 0 aromatic carbocycles. The highest BCUT2D eigenvalue weighted by atomic mass is 35.5. The van der Waals surface area contributed by atoms with Gasteiger partial charge in [-0.05, 0) is 18.8 Å². The van der Waals surface area contributed by atoms with Crippen LogP contribution in [0.3, 0.4) is 0 Å². The van der Waals surface area contributed by atoms with E-state index in [1.165, 1.54) is 11.3 Å². The van der Waals surface area contributed by atoms with Crippen molar-refractivity contribution in [1.29, 1.82) is 0 Å². The summed E-state index contributed by atoms with van der Waals surface area (Å²) < 4.78 is 2.08. The van der Waals surface area contributed by atoms with Gasteiger partial charge in [-0.15, -0.1) is 0 Å². The van der Waals surface area contributed by atoms with E-state index < -0.39 is 0 Å². The average Bonchev–Trinajstić information content (AvgIpc) is 3.23. The number of thioether (sulfide) groups is 1. The molecule has 8 heteroatoms. The third-order valence-corrected chi connectivity index (χ3v) is 5.69. The first kappa shape index (κ1) is 20.7. The number of carbonyl (C=O) groups is 1. The smallest absolute Gasteiger partial charge is 0.282 e. The number of amides is 1. The molecule has 2 aromatic rings. The van der Waals surface area contributed by atoms with Crippen molar-refractivity contribution in [2.45, 2.75) is 19.8 Å². The molecular formula is C18H23ClN4OS2. The summed E-state index contributed by atoms with van der Waals surface area (Å²) in [6.45, 7) is 11.1. The van der Waals surface area contributed by atoms with Crippen molar-refractivity contribution in [3.05, 3.63) is 34.4 Å². The molecule has 2 rings (SSSR count). The lowest BCUT2D eigenvalue weighted by molar-refractivity contribution is 0.0763. The fraction of sp³-hybridized carbons (Fsp3) is 0.389. The van der Waals surface area contributed by atoms with Crippen LogP contribution in [0.4, 0.5) is 0 Å². The Hall–Kier alpha value is -1.57. The quantitative estimate of drug-likeness (QED) is 0.552. The maximum Gasteiger partial charge on any atom is 0.282 e. The molecule has 0 saturated heterocycles. The van der Waals surface area contributed by atoms with Crippen LogP contribution < -0.4 is 0 Å². The van der Waals surface area contributed by atoms with Crippen LogP contribution in [0.1, 0.15) is 35.3 Å². The van der Waals surface area contributed by atoms with E-state index in [0.29, 0.717) is 21.6 Å². The largest absolute Gasteiger partial charge is 0.336 e. The summed E-state index contributed by atoms with van der Waals surface area (Å²) in [5, 5.41) is 4.63. The van der Waals surface area contributed by atoms with Crippen LogP contribution in [-0.2, 0) is 0 Å². The number of hydrogen-bond acceptors (Lipinski definition) is 5. The van der Waals surface area contributed by atoms with Gasteiger partial charge >= 0.3 is 0 Å². The van der Waals surface area contributed by atoms with Gasteiger partial charge in [-0.3, -0.25) is 4.79 Å². The van der Waals surface area contributed by atoms with E-state index in [2.05, 4.69) is 30.2 Å². The molecule has 140 valence electrons. The molecule has 0 atom stereocenters. The number of carbonyl (C=O) groups excluding carboxylic acids is 1. The summed E-state index contributed by atoms with van der Waals surface area (Å²) >= 11 is 9.33. The van der Waals surface area contributed by atoms with Gasteiger partial charge in [0.05, 0.1) is 11.9 Å². The lowest BCUT2D eigenvalue weighted by Crippen LogP contribution is -2.33. The maximum absolute atomic E-state index is 12.9. The topological polar surface area (TPSA) is 51.0 Å². The average molecular weight is 411 g/mol. The second-order valence-corrected chi connectivity index (χ2v) is 8.14. The lowest BCUT2D eigenvalue weighted by atomic mass is 10.2. The van der Waals surface area contributed by atoms with E-state index in [1.807, 2.05) is 11.2 Å². The highest BCUT2D eigenvalue weighted by molar-refractivity contribution is 7.98. The minimum atomic E-state index is -0.0677. The molecule has 0 saturated carbocycles. The van der Waals surface area contributed by atoms with E-state index in [-0.39, 0.29) is 5.91 Å². The predicted molar refractivity (Wildman–Crippen MR) is 114 cm³/mol. The van der Waals surface area contributed by atoms with Gasteiger partial charge in [0.15, 0.2) is 5.01 Å². The number of rotatable bonds is 10. The maximum atomic E-state index is 12.9. The van der Waals surface area contributed by atoms with Gasteiger partial charge in [-0.2, -0.15) is 16.9 Å². The van der Waals surface area contributed by atoms with Crippen LogP contribution in [0.5, 0.6) is 0 Å². The number of halogens is 1. The van der Waals surface area contributed by atoms with Crippen LogP contribution in [0, 0.1) is 0 Å². The molecular weight excluding hydrogens is 388 g/mol. The summed E-state index contributed by atoms with van der Waals surface area (Å²) in [6, 6.07) is 0. The minimum absolute atomic E-state index is 0.0677. The first-order valence-electron chi connectivity index (χ1n) is 8.34. The first-order valence-corrected chi connectivity index (χ1v) is 10.9. The molecule has 0 N–H and O–H groups in total. The molecule has 5 nitrogen and oxygen atoms in total. The second kappa shape index (κ2) is 9.94. The Bertz CT molecular complexity index is 776. The zero-order valence-electron chi connectivity index (χ0n) is 15.1. The molecule has 0 bridgehead atoms. The van der Waals surface area contributed by atoms with Gasteiger partial charge in [0.1, 0.15) is 10.0 Å². The fourth-order valence-electron chi connectivity index (χ4n) is 2.46. The van der Waals surface area contributed by atoms with Crippen LogP contribution in [0.15, 0.2) is 19.4 Å². The van der Waals surface area contributed by atoms with Crippen molar-refractivity contribution in [2.75, 3.05) is 25.1 Å². The molecule has 0 aliphatic rings. The van der Waals surface area contributed by atoms with E-state index >= 15 is 0 Å². The number of hydrogen-bond donors (Lipinski definition) is 0. The van der Waals surface area contributed by atoms with Crippen molar-refractivity contribution in [3.63, 3.8) is 0 Å². The normalized spacial score (nSPS) is 10.7. The highest BCUT2D eigenvalue weighted by Crippen LogP contribution is 2.35. The van der Waals surface area contributed by atoms with Gasteiger partial charge in [0, 0.05) is 30.6 Å². The molecule has 26 heavy (non-hydrogen) atoms. The van der Waals surface area contributed by atoms with E-state index in [0.717, 1.165) is 36.4 Å². The Kier molecular flexibility index (Phi) is 7.93. The number of nitrogens with zero attached hydrogens (tertiary/aromatic N) is 4. The van der Waals surface area contributed by atoms with E-state index in [1.54, 1.807) is 34.9 Å². The van der Waals surface area contributed by atoms with Gasteiger partial charge < -0.3 is 4.90 Å². The zero-order chi connectivity index (χ0) is 19.1. The van der Waals surface area contributed by atoms with Crippen molar-refractivity contribution in [2.24, 2.45) is 0 Å². The van der Waals surface area contributed by atoms with Crippen molar-refractivity contribution >= 4 is 52.9 Å². The fourth-order valence-corrected chi connectivity index (χ4v) is 4.00. The molecule has 0 unspecified atom stereocenters. The van der Waals surface area contributed by atoms with E-state index in [4.69, 9.17) is 11.6 Å². The minimum Gasteiger partial charge on any atom is -0.336 e. The van der Waals surface area contributed by atoms with Gasteiger partial charge in [0.25, 0.3) is 5.91 Å². The monoisotopic (exact) mass is 410 g/mol. The Labute approximate surface area is 167 Å². The van der Waals surface area contributed by atoms with Gasteiger partial charge in [0.2, 0.25) is 0 Å². The summed E-state index contributed by atoms with van der Waals surface area (Å²) in [7, 11) is 0. The van der Waals surface area contributed by atoms with Gasteiger partial charge in [-0.25, -0.2) is 9.67 Å². The molecule has 2 aromatic heterocycles. The van der Waals surface area contributed by atoms with Crippen LogP contribution in [0.25, 0.3) is 23.5 Å². The molecule has 0 fully saturated rings. The number of thiazole rings is 1. The Morgan fingerprint density at radius 1 is 1.46 bits per heavy atom. The van der Waals surface area contributed by atoms with Crippen LogP contribution in [0.2, 0.25) is 4.34 Å². The third kappa shape index (κ3) is 4.58. The van der Waals surface area contributed by atoms with Gasteiger partial charge in [-0.1, -0.05) is 49.4 Å². The Balaban J connectivity index is 2.33. The molecule has 0 aliphatic heterocycles. The summed E-state index contributed by atoms with van der Waals surface area (Å²) in [4.78, 5) is 19.3. The Morgan fingerprint density at radius 3 is 2.85 bits per heavy atom. The molecule has 0 aliphatic carbocycles. The molecule has 2 heterocycles. The lowest BCUT2D eigenvalue weighted by Gasteiger charge is -2.20. The molecule has 0 radical (unpaired) electrons. The van der Waals surface area contributed by atoms with Crippen LogP contribution in [-0.4, -0.2) is 50.7 Å². The SMILES string of the molecule is C=Cc1c(-c2nc(C(=O)N(CCCC)CCSC)sc2Cl)cnn1C=C. The van der Waals surface area contributed by atoms with Crippen molar-refractivity contribution in [1.82, 2.24) is 19.7 Å². The standard InChI is InChI=1S/C18H23ClN4OS2/c1-5-8-9-22(10-11-25-4)18(24)17-21-15(16(19)26-17)13-12-20-23(7-3)14(13)6-2/h6-7,12H,2-3,5,8-11H2,1,4H3. The first-order chi connectivity index (χ1) is 12.6. The van der Waals surface area contributed by atoms with Crippen molar-refractivity contribution in [3.8, 4) is 11.3 Å². The molecule has 0 spiro atoms. The Morgan fingerprint density at radius 2 is 2.23 bits per heavy atom. The second-order valence-electron chi connectivity index (χ2n) is 5.55. The van der Waals surface area contributed by atoms with E-state index in [9.17, 15) is 4.79 Å². The molecule has 1 amide bonds.